The fourth-order valence-corrected chi connectivity index (χ4v) is 1.60. The summed E-state index contributed by atoms with van der Waals surface area (Å²) in [7, 11) is 0. The number of hydrogen-bond donors (Lipinski definition) is 4. The molecule has 1 rings (SSSR count). The first-order chi connectivity index (χ1) is 7.93. The lowest BCUT2D eigenvalue weighted by Crippen LogP contribution is -2.57. The van der Waals surface area contributed by atoms with Crippen LogP contribution in [0.15, 0.2) is 0 Å². The summed E-state index contributed by atoms with van der Waals surface area (Å²) >= 11 is 0. The first-order valence-electron chi connectivity index (χ1n) is 5.53. The van der Waals surface area contributed by atoms with Gasteiger partial charge in [-0.15, -0.1) is 0 Å². The summed E-state index contributed by atoms with van der Waals surface area (Å²) in [6, 6.07) is 0. The average Bonchev–Trinajstić information content (AvgIpc) is 2.27. The quantitative estimate of drug-likeness (QED) is 0.422. The Labute approximate surface area is 99.1 Å². The number of primary amides is 1. The highest BCUT2D eigenvalue weighted by atomic mass is 16.7. The second kappa shape index (κ2) is 6.27. The zero-order valence-corrected chi connectivity index (χ0v) is 9.65. The second-order valence-corrected chi connectivity index (χ2v) is 4.12. The van der Waals surface area contributed by atoms with Gasteiger partial charge in [-0.2, -0.15) is 0 Å². The molecule has 0 spiro atoms. The van der Waals surface area contributed by atoms with Crippen LogP contribution in [0.3, 0.4) is 0 Å². The molecule has 0 aromatic heterocycles. The molecule has 100 valence electrons. The molecule has 0 radical (unpaired) electrons. The maximum Gasteiger partial charge on any atom is 0.217 e. The minimum atomic E-state index is -1.31. The molecule has 7 nitrogen and oxygen atoms in total. The number of rotatable bonds is 5. The van der Waals surface area contributed by atoms with Crippen LogP contribution in [-0.4, -0.2) is 58.5 Å². The summed E-state index contributed by atoms with van der Waals surface area (Å²) in [5.41, 5.74) is 4.95. The van der Waals surface area contributed by atoms with E-state index >= 15 is 0 Å². The van der Waals surface area contributed by atoms with E-state index in [0.717, 1.165) is 0 Å². The van der Waals surface area contributed by atoms with E-state index in [4.69, 9.17) is 15.2 Å². The van der Waals surface area contributed by atoms with Gasteiger partial charge in [-0.25, -0.2) is 0 Å². The molecular weight excluding hydrogens is 230 g/mol. The molecule has 0 aliphatic carbocycles. The molecule has 1 aliphatic heterocycles. The first kappa shape index (κ1) is 14.3. The molecule has 5 N–H and O–H groups in total. The third-order valence-corrected chi connectivity index (χ3v) is 2.66. The van der Waals surface area contributed by atoms with Gasteiger partial charge in [0.15, 0.2) is 6.29 Å². The lowest BCUT2D eigenvalue weighted by atomic mass is 10.0. The highest BCUT2D eigenvalue weighted by Crippen LogP contribution is 2.21. The van der Waals surface area contributed by atoms with Crippen molar-refractivity contribution in [2.45, 2.75) is 50.5 Å². The number of aliphatic hydroxyl groups excluding tert-OH is 3. The molecule has 0 saturated carbocycles. The van der Waals surface area contributed by atoms with Crippen LogP contribution in [0.25, 0.3) is 0 Å². The summed E-state index contributed by atoms with van der Waals surface area (Å²) in [5, 5.41) is 28.5. The molecule has 5 atom stereocenters. The fourth-order valence-electron chi connectivity index (χ4n) is 1.60. The summed E-state index contributed by atoms with van der Waals surface area (Å²) in [6.07, 6.45) is -4.80. The Morgan fingerprint density at radius 2 is 1.94 bits per heavy atom. The largest absolute Gasteiger partial charge is 0.388 e. The van der Waals surface area contributed by atoms with Gasteiger partial charge in [-0.3, -0.25) is 4.79 Å². The Hall–Kier alpha value is -0.730. The SMILES string of the molecule is CC1OC(OCCCC(N)=O)C(O)C(O)C1O. The Morgan fingerprint density at radius 1 is 1.29 bits per heavy atom. The minimum absolute atomic E-state index is 0.181. The second-order valence-electron chi connectivity index (χ2n) is 4.12. The van der Waals surface area contributed by atoms with Crippen LogP contribution in [0, 0.1) is 0 Å². The number of ether oxygens (including phenoxy) is 2. The molecular formula is C10H19NO6. The van der Waals surface area contributed by atoms with E-state index in [0.29, 0.717) is 6.42 Å². The van der Waals surface area contributed by atoms with Gasteiger partial charge in [0.2, 0.25) is 5.91 Å². The van der Waals surface area contributed by atoms with E-state index in [2.05, 4.69) is 0 Å². The Balaban J connectivity index is 2.35. The van der Waals surface area contributed by atoms with E-state index in [-0.39, 0.29) is 13.0 Å². The van der Waals surface area contributed by atoms with Gasteiger partial charge < -0.3 is 30.5 Å². The van der Waals surface area contributed by atoms with Crippen LogP contribution >= 0.6 is 0 Å². The van der Waals surface area contributed by atoms with Gasteiger partial charge in [-0.1, -0.05) is 0 Å². The third kappa shape index (κ3) is 3.90. The fraction of sp³-hybridized carbons (Fsp3) is 0.900. The van der Waals surface area contributed by atoms with Crippen molar-refractivity contribution in [1.29, 1.82) is 0 Å². The van der Waals surface area contributed by atoms with Gasteiger partial charge in [0, 0.05) is 6.42 Å². The Kier molecular flexibility index (Phi) is 5.29. The Morgan fingerprint density at radius 3 is 2.53 bits per heavy atom. The van der Waals surface area contributed by atoms with Crippen LogP contribution in [0.1, 0.15) is 19.8 Å². The zero-order chi connectivity index (χ0) is 13.0. The summed E-state index contributed by atoms with van der Waals surface area (Å²) in [4.78, 5) is 10.5. The first-order valence-corrected chi connectivity index (χ1v) is 5.53. The van der Waals surface area contributed by atoms with Crippen LogP contribution in [0.5, 0.6) is 0 Å². The standard InChI is InChI=1S/C10H19NO6/c1-5-7(13)8(14)9(15)10(17-5)16-4-2-3-6(11)12/h5,7-10,13-15H,2-4H2,1H3,(H2,11,12). The van der Waals surface area contributed by atoms with Crippen molar-refractivity contribution in [1.82, 2.24) is 0 Å². The lowest BCUT2D eigenvalue weighted by Gasteiger charge is -2.38. The number of hydrogen-bond acceptors (Lipinski definition) is 6. The van der Waals surface area contributed by atoms with E-state index in [1.54, 1.807) is 6.92 Å². The summed E-state index contributed by atoms with van der Waals surface area (Å²) in [5.74, 6) is -0.428. The van der Waals surface area contributed by atoms with E-state index < -0.39 is 36.6 Å². The average molecular weight is 249 g/mol. The smallest absolute Gasteiger partial charge is 0.217 e. The topological polar surface area (TPSA) is 122 Å². The maximum atomic E-state index is 10.5. The van der Waals surface area contributed by atoms with Crippen molar-refractivity contribution in [3.63, 3.8) is 0 Å². The van der Waals surface area contributed by atoms with Crippen molar-refractivity contribution in [2.75, 3.05) is 6.61 Å². The predicted octanol–water partition coefficient (Wildman–Crippen LogP) is -1.90. The molecule has 17 heavy (non-hydrogen) atoms. The molecule has 0 aromatic rings. The van der Waals surface area contributed by atoms with Gasteiger partial charge >= 0.3 is 0 Å². The van der Waals surface area contributed by atoms with E-state index in [9.17, 15) is 20.1 Å². The van der Waals surface area contributed by atoms with Gasteiger partial charge in [-0.05, 0) is 13.3 Å². The van der Waals surface area contributed by atoms with Crippen LogP contribution < -0.4 is 5.73 Å². The molecule has 5 unspecified atom stereocenters. The van der Waals surface area contributed by atoms with Crippen molar-refractivity contribution in [2.24, 2.45) is 5.73 Å². The Bertz CT molecular complexity index is 261. The van der Waals surface area contributed by atoms with Crippen LogP contribution in [0.2, 0.25) is 0 Å². The number of carbonyl (C=O) groups is 1. The number of aliphatic hydroxyl groups is 3. The predicted molar refractivity (Wildman–Crippen MR) is 56.7 cm³/mol. The highest BCUT2D eigenvalue weighted by molar-refractivity contribution is 5.73. The molecule has 1 amide bonds. The van der Waals surface area contributed by atoms with E-state index in [1.807, 2.05) is 0 Å². The normalized spacial score (nSPS) is 38.0. The zero-order valence-electron chi connectivity index (χ0n) is 9.65. The monoisotopic (exact) mass is 249 g/mol. The minimum Gasteiger partial charge on any atom is -0.388 e. The van der Waals surface area contributed by atoms with Crippen molar-refractivity contribution in [3.8, 4) is 0 Å². The van der Waals surface area contributed by atoms with Crippen LogP contribution in [-0.2, 0) is 14.3 Å². The van der Waals surface area contributed by atoms with Crippen molar-refractivity contribution >= 4 is 5.91 Å². The van der Waals surface area contributed by atoms with Gasteiger partial charge in [0.25, 0.3) is 0 Å². The number of nitrogens with two attached hydrogens (primary N) is 1. The van der Waals surface area contributed by atoms with Gasteiger partial charge in [0.1, 0.15) is 18.3 Å². The molecule has 1 fully saturated rings. The third-order valence-electron chi connectivity index (χ3n) is 2.66. The molecule has 0 aromatic carbocycles. The number of amides is 1. The lowest BCUT2D eigenvalue weighted by molar-refractivity contribution is -0.293. The van der Waals surface area contributed by atoms with Crippen molar-refractivity contribution < 1.29 is 29.6 Å². The summed E-state index contributed by atoms with van der Waals surface area (Å²) < 4.78 is 10.4. The van der Waals surface area contributed by atoms with Crippen LogP contribution in [0.4, 0.5) is 0 Å². The molecule has 0 bridgehead atoms. The van der Waals surface area contributed by atoms with Gasteiger partial charge in [0.05, 0.1) is 12.7 Å². The maximum absolute atomic E-state index is 10.5. The van der Waals surface area contributed by atoms with Crippen molar-refractivity contribution in [3.05, 3.63) is 0 Å². The molecule has 1 heterocycles. The number of carbonyl (C=O) groups excluding carboxylic acids is 1. The highest BCUT2D eigenvalue weighted by Gasteiger charge is 2.42. The van der Waals surface area contributed by atoms with E-state index in [1.165, 1.54) is 0 Å². The molecule has 1 aliphatic rings. The summed E-state index contributed by atoms with van der Waals surface area (Å²) in [6.45, 7) is 1.75. The molecule has 7 heteroatoms. The molecule has 1 saturated heterocycles.